The maximum Gasteiger partial charge on any atom is 0.0402 e. The molecule has 1 nitrogen and oxygen atoms in total. The summed E-state index contributed by atoms with van der Waals surface area (Å²) in [6, 6.07) is 0. The van der Waals surface area contributed by atoms with Crippen molar-refractivity contribution in [3.05, 3.63) is 0 Å². The topological polar surface area (TPSA) is 20.2 Å². The van der Waals surface area contributed by atoms with E-state index in [0.717, 1.165) is 0 Å². The summed E-state index contributed by atoms with van der Waals surface area (Å²) in [5, 5.41) is 7.57. The summed E-state index contributed by atoms with van der Waals surface area (Å²) in [6.07, 6.45) is 0. The smallest absolute Gasteiger partial charge is 0.0402 e. The van der Waals surface area contributed by atoms with Crippen LogP contribution in [0.3, 0.4) is 0 Å². The minimum absolute atomic E-state index is 0.250. The molecule has 0 radical (unpaired) electrons. The maximum atomic E-state index is 7.57. The molecule has 0 fully saturated rings. The fraction of sp³-hybridized carbons (Fsp3) is 1.00. The molecule has 1 heteroatoms. The molecular weight excluding hydrogens is 88.1 g/mol. The zero-order chi connectivity index (χ0) is 6.71. The van der Waals surface area contributed by atoms with Crippen LogP contribution in [0, 0.1) is 0 Å². The predicted molar refractivity (Wildman–Crippen MR) is 35.5 cm³/mol. The Morgan fingerprint density at radius 1 is 1.00 bits per heavy atom. The molecule has 0 aromatic heterocycles. The van der Waals surface area contributed by atoms with E-state index < -0.39 is 0 Å². The third-order valence-corrected chi connectivity index (χ3v) is 0. The van der Waals surface area contributed by atoms with Gasteiger partial charge in [-0.15, -0.1) is 0 Å². The molecule has 48 valence electrons. The molecule has 0 aliphatic rings. The van der Waals surface area contributed by atoms with Gasteiger partial charge in [0.1, 0.15) is 0 Å². The van der Waals surface area contributed by atoms with Crippen molar-refractivity contribution >= 4 is 0 Å². The van der Waals surface area contributed by atoms with E-state index in [2.05, 4.69) is 0 Å². The Morgan fingerprint density at radius 3 is 1.00 bits per heavy atom. The fourth-order valence-electron chi connectivity index (χ4n) is 0. The Balaban J connectivity index is -0.0000000360. The Kier molecular flexibility index (Phi) is 358. The van der Waals surface area contributed by atoms with Crippen LogP contribution in [0.4, 0.5) is 0 Å². The largest absolute Gasteiger partial charge is 0.397 e. The van der Waals surface area contributed by atoms with Crippen molar-refractivity contribution in [3.8, 4) is 0 Å². The molecule has 7 heavy (non-hydrogen) atoms. The van der Waals surface area contributed by atoms with Crippen LogP contribution in [0.1, 0.15) is 34.6 Å². The van der Waals surface area contributed by atoms with Crippen molar-refractivity contribution in [3.63, 3.8) is 0 Å². The molecule has 1 N–H and O–H groups in total. The van der Waals surface area contributed by atoms with Crippen molar-refractivity contribution in [2.75, 3.05) is 6.61 Å². The molecule has 0 unspecified atom stereocenters. The second-order valence-corrected chi connectivity index (χ2v) is 0.316. The minimum atomic E-state index is 0.250. The molecule has 0 atom stereocenters. The first-order chi connectivity index (χ1) is 3.41. The van der Waals surface area contributed by atoms with Gasteiger partial charge in [-0.05, 0) is 6.92 Å². The van der Waals surface area contributed by atoms with Crippen LogP contribution in [-0.2, 0) is 0 Å². The average Bonchev–Trinajstić information content (AvgIpc) is 1.78. The van der Waals surface area contributed by atoms with Gasteiger partial charge in [0, 0.05) is 6.61 Å². The van der Waals surface area contributed by atoms with Crippen LogP contribution in [0.15, 0.2) is 0 Å². The number of aliphatic hydroxyl groups excluding tert-OH is 1. The molecule has 0 aliphatic carbocycles. The van der Waals surface area contributed by atoms with E-state index in [1.54, 1.807) is 6.92 Å². The summed E-state index contributed by atoms with van der Waals surface area (Å²) in [5.41, 5.74) is 0. The highest BCUT2D eigenvalue weighted by Crippen LogP contribution is 1.30. The molecule has 0 aromatic rings. The molecule has 0 aliphatic heterocycles. The molecule has 0 saturated heterocycles. The van der Waals surface area contributed by atoms with Crippen LogP contribution >= 0.6 is 0 Å². The first-order valence-electron chi connectivity index (χ1n) is 3.02. The van der Waals surface area contributed by atoms with E-state index in [-0.39, 0.29) is 6.61 Å². The van der Waals surface area contributed by atoms with Crippen molar-refractivity contribution < 1.29 is 5.11 Å². The van der Waals surface area contributed by atoms with Crippen molar-refractivity contribution in [1.29, 1.82) is 0 Å². The summed E-state index contributed by atoms with van der Waals surface area (Å²) >= 11 is 0. The van der Waals surface area contributed by atoms with Crippen molar-refractivity contribution in [2.24, 2.45) is 0 Å². The van der Waals surface area contributed by atoms with Gasteiger partial charge in [0.2, 0.25) is 0 Å². The Labute approximate surface area is 47.4 Å². The molecule has 0 spiro atoms. The van der Waals surface area contributed by atoms with Crippen LogP contribution in [-0.4, -0.2) is 11.7 Å². The van der Waals surface area contributed by atoms with Gasteiger partial charge in [-0.2, -0.15) is 0 Å². The Hall–Kier alpha value is -0.0400. The lowest BCUT2D eigenvalue weighted by Crippen LogP contribution is -1.57. The monoisotopic (exact) mass is 106 g/mol. The number of hydrogen-bond donors (Lipinski definition) is 1. The molecule has 0 aromatic carbocycles. The quantitative estimate of drug-likeness (QED) is 0.501. The fourth-order valence-corrected chi connectivity index (χ4v) is 0. The van der Waals surface area contributed by atoms with Crippen LogP contribution in [0.5, 0.6) is 0 Å². The summed E-state index contributed by atoms with van der Waals surface area (Å²) < 4.78 is 0. The van der Waals surface area contributed by atoms with Crippen LogP contribution < -0.4 is 0 Å². The van der Waals surface area contributed by atoms with Crippen LogP contribution in [0.2, 0.25) is 0 Å². The van der Waals surface area contributed by atoms with E-state index in [0.29, 0.717) is 0 Å². The molecular formula is C6H18O. The lowest BCUT2D eigenvalue weighted by atomic mass is 10.9. The second-order valence-electron chi connectivity index (χ2n) is 0.316. The summed E-state index contributed by atoms with van der Waals surface area (Å²) in [4.78, 5) is 0. The lowest BCUT2D eigenvalue weighted by molar-refractivity contribution is 0.318. The van der Waals surface area contributed by atoms with Gasteiger partial charge in [0.15, 0.2) is 0 Å². The average molecular weight is 106 g/mol. The van der Waals surface area contributed by atoms with Gasteiger partial charge in [0.25, 0.3) is 0 Å². The maximum absolute atomic E-state index is 7.57. The summed E-state index contributed by atoms with van der Waals surface area (Å²) in [6.45, 7) is 9.93. The molecule has 0 amide bonds. The van der Waals surface area contributed by atoms with Gasteiger partial charge in [0.05, 0.1) is 0 Å². The molecule has 0 bridgehead atoms. The van der Waals surface area contributed by atoms with Gasteiger partial charge in [-0.1, -0.05) is 27.7 Å². The Morgan fingerprint density at radius 2 is 1.00 bits per heavy atom. The van der Waals surface area contributed by atoms with E-state index in [9.17, 15) is 0 Å². The highest BCUT2D eigenvalue weighted by Gasteiger charge is 1.34. The van der Waals surface area contributed by atoms with Crippen molar-refractivity contribution in [1.82, 2.24) is 0 Å². The van der Waals surface area contributed by atoms with E-state index in [4.69, 9.17) is 5.11 Å². The van der Waals surface area contributed by atoms with E-state index in [1.807, 2.05) is 27.7 Å². The first kappa shape index (κ1) is 15.8. The summed E-state index contributed by atoms with van der Waals surface area (Å²) in [7, 11) is 0. The highest BCUT2D eigenvalue weighted by atomic mass is 16.2. The SMILES string of the molecule is CC.CC.CCO. The second kappa shape index (κ2) is 159. The zero-order valence-corrected chi connectivity index (χ0v) is 6.15. The Bertz CT molecular complexity index is 4.14. The van der Waals surface area contributed by atoms with Gasteiger partial charge >= 0.3 is 0 Å². The third-order valence-electron chi connectivity index (χ3n) is 0. The van der Waals surface area contributed by atoms with Gasteiger partial charge in [-0.3, -0.25) is 0 Å². The molecule has 0 saturated carbocycles. The molecule has 0 rings (SSSR count). The van der Waals surface area contributed by atoms with Crippen molar-refractivity contribution in [2.45, 2.75) is 34.6 Å². The van der Waals surface area contributed by atoms with Gasteiger partial charge < -0.3 is 5.11 Å². The summed E-state index contributed by atoms with van der Waals surface area (Å²) in [5.74, 6) is 0. The number of rotatable bonds is 0. The van der Waals surface area contributed by atoms with Gasteiger partial charge in [-0.25, -0.2) is 0 Å². The van der Waals surface area contributed by atoms with Crippen LogP contribution in [0.25, 0.3) is 0 Å². The first-order valence-corrected chi connectivity index (χ1v) is 3.02. The normalized spacial score (nSPS) is 4.29. The minimum Gasteiger partial charge on any atom is -0.397 e. The highest BCUT2D eigenvalue weighted by molar-refractivity contribution is 3.84. The zero-order valence-electron chi connectivity index (χ0n) is 6.15. The van der Waals surface area contributed by atoms with E-state index in [1.165, 1.54) is 0 Å². The predicted octanol–water partition coefficient (Wildman–Crippen LogP) is 2.05. The number of aliphatic hydroxyl groups is 1. The third kappa shape index (κ3) is 58400. The van der Waals surface area contributed by atoms with E-state index >= 15 is 0 Å². The molecule has 0 heterocycles. The lowest BCUT2D eigenvalue weighted by Gasteiger charge is -1.52. The standard InChI is InChI=1S/C2H6O.2C2H6/c1-2-3;2*1-2/h3H,2H2,1H3;2*1-2H3. The number of hydrogen-bond acceptors (Lipinski definition) is 1.